The normalized spacial score (nSPS) is 11.5. The minimum Gasteiger partial charge on any atom is -0.379 e. The van der Waals surface area contributed by atoms with Crippen LogP contribution in [0.3, 0.4) is 0 Å². The van der Waals surface area contributed by atoms with Crippen LogP contribution in [0.15, 0.2) is 35.3 Å². The fraction of sp³-hybridized carbons (Fsp3) is 0.333. The molecule has 0 fully saturated rings. The van der Waals surface area contributed by atoms with Crippen molar-refractivity contribution in [2.45, 2.75) is 13.3 Å². The number of nitrogens with zero attached hydrogens (tertiary/aromatic N) is 1. The Hall–Kier alpha value is -1.48. The van der Waals surface area contributed by atoms with Gasteiger partial charge in [0.2, 0.25) is 5.91 Å². The Kier molecular flexibility index (Phi) is 4.71. The minimum atomic E-state index is -0.129. The molecule has 0 saturated heterocycles. The van der Waals surface area contributed by atoms with E-state index in [1.165, 1.54) is 0 Å². The molecule has 1 aromatic rings. The first kappa shape index (κ1) is 11.6. The van der Waals surface area contributed by atoms with Gasteiger partial charge < -0.3 is 4.74 Å². The SMILES string of the molecule is COCC(C)=NC(=O)Cc1ccccc1. The molecular formula is C12H15NO2. The number of carbonyl (C=O) groups is 1. The molecule has 0 bridgehead atoms. The number of benzene rings is 1. The van der Waals surface area contributed by atoms with E-state index >= 15 is 0 Å². The molecule has 15 heavy (non-hydrogen) atoms. The van der Waals surface area contributed by atoms with Crippen molar-refractivity contribution >= 4 is 11.6 Å². The molecule has 1 aromatic carbocycles. The van der Waals surface area contributed by atoms with Crippen LogP contribution < -0.4 is 0 Å². The van der Waals surface area contributed by atoms with Crippen LogP contribution in [-0.2, 0) is 16.0 Å². The molecule has 3 heteroatoms. The molecule has 0 aliphatic carbocycles. The highest BCUT2D eigenvalue weighted by Crippen LogP contribution is 2.00. The van der Waals surface area contributed by atoms with Gasteiger partial charge >= 0.3 is 0 Å². The van der Waals surface area contributed by atoms with E-state index in [1.807, 2.05) is 30.3 Å². The van der Waals surface area contributed by atoms with Crippen LogP contribution in [0.1, 0.15) is 12.5 Å². The zero-order valence-corrected chi connectivity index (χ0v) is 9.06. The summed E-state index contributed by atoms with van der Waals surface area (Å²) in [5, 5.41) is 0. The molecule has 0 heterocycles. The summed E-state index contributed by atoms with van der Waals surface area (Å²) in [4.78, 5) is 15.4. The smallest absolute Gasteiger partial charge is 0.250 e. The van der Waals surface area contributed by atoms with Gasteiger partial charge in [-0.1, -0.05) is 30.3 Å². The van der Waals surface area contributed by atoms with E-state index in [4.69, 9.17) is 4.74 Å². The van der Waals surface area contributed by atoms with E-state index in [0.29, 0.717) is 18.7 Å². The lowest BCUT2D eigenvalue weighted by atomic mass is 10.1. The largest absolute Gasteiger partial charge is 0.379 e. The zero-order chi connectivity index (χ0) is 11.1. The third-order valence-corrected chi connectivity index (χ3v) is 1.87. The lowest BCUT2D eigenvalue weighted by molar-refractivity contribution is -0.117. The monoisotopic (exact) mass is 205 g/mol. The van der Waals surface area contributed by atoms with E-state index in [9.17, 15) is 4.79 Å². The van der Waals surface area contributed by atoms with Crippen LogP contribution in [0.2, 0.25) is 0 Å². The number of hydrogen-bond acceptors (Lipinski definition) is 2. The summed E-state index contributed by atoms with van der Waals surface area (Å²) in [5.74, 6) is -0.129. The van der Waals surface area contributed by atoms with Crippen molar-refractivity contribution in [1.82, 2.24) is 0 Å². The second kappa shape index (κ2) is 6.09. The van der Waals surface area contributed by atoms with Gasteiger partial charge in [-0.2, -0.15) is 0 Å². The van der Waals surface area contributed by atoms with Crippen molar-refractivity contribution in [3.8, 4) is 0 Å². The number of aliphatic imine (C=N–C) groups is 1. The van der Waals surface area contributed by atoms with Crippen molar-refractivity contribution in [3.63, 3.8) is 0 Å². The molecule has 0 unspecified atom stereocenters. The van der Waals surface area contributed by atoms with E-state index in [0.717, 1.165) is 5.56 Å². The van der Waals surface area contributed by atoms with Crippen molar-refractivity contribution in [2.75, 3.05) is 13.7 Å². The molecule has 0 aliphatic rings. The molecule has 0 N–H and O–H groups in total. The van der Waals surface area contributed by atoms with Gasteiger partial charge in [0.1, 0.15) is 0 Å². The molecule has 3 nitrogen and oxygen atoms in total. The van der Waals surface area contributed by atoms with Gasteiger partial charge in [0, 0.05) is 12.8 Å². The Morgan fingerprint density at radius 1 is 1.33 bits per heavy atom. The summed E-state index contributed by atoms with van der Waals surface area (Å²) in [6.07, 6.45) is 0.349. The van der Waals surface area contributed by atoms with Crippen LogP contribution in [0, 0.1) is 0 Å². The first-order valence-electron chi connectivity index (χ1n) is 4.82. The van der Waals surface area contributed by atoms with Crippen LogP contribution in [0.4, 0.5) is 0 Å². The quantitative estimate of drug-likeness (QED) is 0.704. The number of carbonyl (C=O) groups excluding carboxylic acids is 1. The standard InChI is InChI=1S/C12H15NO2/c1-10(9-15-2)13-12(14)8-11-6-4-3-5-7-11/h3-7H,8-9H2,1-2H3. The second-order valence-corrected chi connectivity index (χ2v) is 3.34. The molecule has 0 spiro atoms. The maximum absolute atomic E-state index is 11.5. The molecule has 0 atom stereocenters. The van der Waals surface area contributed by atoms with Gasteiger partial charge in [0.05, 0.1) is 13.0 Å². The summed E-state index contributed by atoms with van der Waals surface area (Å²) in [6, 6.07) is 9.58. The first-order valence-corrected chi connectivity index (χ1v) is 4.82. The highest BCUT2D eigenvalue weighted by Gasteiger charge is 2.01. The number of ether oxygens (including phenoxy) is 1. The third kappa shape index (κ3) is 4.51. The van der Waals surface area contributed by atoms with Gasteiger partial charge in [-0.05, 0) is 12.5 Å². The second-order valence-electron chi connectivity index (χ2n) is 3.34. The van der Waals surface area contributed by atoms with Crippen LogP contribution >= 0.6 is 0 Å². The summed E-state index contributed by atoms with van der Waals surface area (Å²) >= 11 is 0. The highest BCUT2D eigenvalue weighted by atomic mass is 16.5. The number of rotatable bonds is 4. The predicted molar refractivity (Wildman–Crippen MR) is 60.1 cm³/mol. The Balaban J connectivity index is 2.53. The summed E-state index contributed by atoms with van der Waals surface area (Å²) < 4.78 is 4.87. The van der Waals surface area contributed by atoms with E-state index < -0.39 is 0 Å². The highest BCUT2D eigenvalue weighted by molar-refractivity contribution is 5.95. The van der Waals surface area contributed by atoms with Crippen molar-refractivity contribution in [3.05, 3.63) is 35.9 Å². The lowest BCUT2D eigenvalue weighted by Gasteiger charge is -1.99. The van der Waals surface area contributed by atoms with Gasteiger partial charge in [-0.3, -0.25) is 4.79 Å². The predicted octanol–water partition coefficient (Wildman–Crippen LogP) is 1.86. The summed E-state index contributed by atoms with van der Waals surface area (Å²) in [5.41, 5.74) is 1.69. The Morgan fingerprint density at radius 3 is 2.60 bits per heavy atom. The number of amides is 1. The Labute approximate surface area is 89.8 Å². The first-order chi connectivity index (χ1) is 7.22. The summed E-state index contributed by atoms with van der Waals surface area (Å²) in [6.45, 7) is 2.19. The Morgan fingerprint density at radius 2 is 2.00 bits per heavy atom. The topological polar surface area (TPSA) is 38.7 Å². The minimum absolute atomic E-state index is 0.129. The zero-order valence-electron chi connectivity index (χ0n) is 9.06. The summed E-state index contributed by atoms with van der Waals surface area (Å²) in [7, 11) is 1.58. The van der Waals surface area contributed by atoms with E-state index in [-0.39, 0.29) is 5.91 Å². The van der Waals surface area contributed by atoms with Crippen molar-refractivity contribution in [2.24, 2.45) is 4.99 Å². The maximum atomic E-state index is 11.5. The van der Waals surface area contributed by atoms with E-state index in [2.05, 4.69) is 4.99 Å². The Bertz CT molecular complexity index is 344. The molecule has 0 aromatic heterocycles. The number of hydrogen-bond donors (Lipinski definition) is 0. The van der Waals surface area contributed by atoms with Gasteiger partial charge in [0.25, 0.3) is 0 Å². The van der Waals surface area contributed by atoms with Gasteiger partial charge in [-0.15, -0.1) is 0 Å². The molecule has 0 aliphatic heterocycles. The molecule has 1 rings (SSSR count). The number of methoxy groups -OCH3 is 1. The van der Waals surface area contributed by atoms with Gasteiger partial charge in [0.15, 0.2) is 0 Å². The fourth-order valence-electron chi connectivity index (χ4n) is 1.26. The van der Waals surface area contributed by atoms with Crippen molar-refractivity contribution < 1.29 is 9.53 Å². The van der Waals surface area contributed by atoms with Crippen LogP contribution in [0.25, 0.3) is 0 Å². The average molecular weight is 205 g/mol. The molecule has 80 valence electrons. The fourth-order valence-corrected chi connectivity index (χ4v) is 1.26. The molecule has 0 radical (unpaired) electrons. The third-order valence-electron chi connectivity index (χ3n) is 1.87. The van der Waals surface area contributed by atoms with Crippen LogP contribution in [0.5, 0.6) is 0 Å². The van der Waals surface area contributed by atoms with E-state index in [1.54, 1.807) is 14.0 Å². The van der Waals surface area contributed by atoms with Crippen LogP contribution in [-0.4, -0.2) is 25.3 Å². The lowest BCUT2D eigenvalue weighted by Crippen LogP contribution is -2.07. The average Bonchev–Trinajstić information content (AvgIpc) is 2.19. The van der Waals surface area contributed by atoms with Gasteiger partial charge in [-0.25, -0.2) is 4.99 Å². The molecule has 0 saturated carbocycles. The van der Waals surface area contributed by atoms with Crippen molar-refractivity contribution in [1.29, 1.82) is 0 Å². The molecule has 1 amide bonds. The maximum Gasteiger partial charge on any atom is 0.250 e. The molecular weight excluding hydrogens is 190 g/mol.